The quantitative estimate of drug-likeness (QED) is 0.451. The Morgan fingerprint density at radius 1 is 0.645 bits per heavy atom. The molecule has 0 saturated carbocycles. The molecular weight excluding hydrogens is 498 g/mol. The van der Waals surface area contributed by atoms with Gasteiger partial charge in [0.25, 0.3) is 0 Å². The summed E-state index contributed by atoms with van der Waals surface area (Å²) in [6.45, 7) is 27.5. The van der Waals surface area contributed by atoms with E-state index in [2.05, 4.69) is 95.2 Å². The molecule has 0 aromatic heterocycles. The number of halogens is 2. The Balaban J connectivity index is -0.000000461. The number of hydrogen-bond acceptors (Lipinski definition) is 0. The third kappa shape index (κ3) is 10.5. The normalized spacial score (nSPS) is 16.3. The molecule has 0 atom stereocenters. The Bertz CT molecular complexity index is 626. The fourth-order valence-corrected chi connectivity index (χ4v) is 5.14. The standard InChI is InChI=1S/2C14H23.2ClH.Zr/c2*1-10(2)9-14(5,6)13-8-7-11(3)12(13)4;;;/h2*10H,7,9H2,1-6H3;2*1H;/q2*-1;;;+4/p-2. The van der Waals surface area contributed by atoms with Crippen LogP contribution in [-0.4, -0.2) is 0 Å². The molecular formula is C28H46Cl2Zr. The van der Waals surface area contributed by atoms with Crippen LogP contribution in [0.4, 0.5) is 0 Å². The number of rotatable bonds is 6. The molecule has 0 heterocycles. The zero-order chi connectivity index (χ0) is 21.9. The molecule has 0 aromatic rings. The molecule has 2 aliphatic rings. The van der Waals surface area contributed by atoms with Gasteiger partial charge in [0, 0.05) is 0 Å². The maximum absolute atomic E-state index is 3.54. The van der Waals surface area contributed by atoms with Crippen LogP contribution in [0.2, 0.25) is 0 Å². The van der Waals surface area contributed by atoms with E-state index in [0.717, 1.165) is 24.7 Å². The van der Waals surface area contributed by atoms with Crippen molar-refractivity contribution in [3.63, 3.8) is 0 Å². The maximum atomic E-state index is 3.54. The molecule has 0 unspecified atom stereocenters. The second-order valence-electron chi connectivity index (χ2n) is 11.2. The minimum Gasteiger partial charge on any atom is -1.00 e. The molecule has 3 heteroatoms. The molecule has 0 aromatic carbocycles. The minimum absolute atomic E-state index is 0. The van der Waals surface area contributed by atoms with Gasteiger partial charge in [-0.1, -0.05) is 69.2 Å². The Hall–Kier alpha value is 0.423. The van der Waals surface area contributed by atoms with Crippen molar-refractivity contribution >= 4 is 0 Å². The van der Waals surface area contributed by atoms with Gasteiger partial charge in [0.15, 0.2) is 0 Å². The van der Waals surface area contributed by atoms with Crippen molar-refractivity contribution in [2.24, 2.45) is 22.7 Å². The van der Waals surface area contributed by atoms with E-state index < -0.39 is 0 Å². The fraction of sp³-hybridized carbons (Fsp3) is 0.714. The van der Waals surface area contributed by atoms with E-state index in [-0.39, 0.29) is 51.0 Å². The summed E-state index contributed by atoms with van der Waals surface area (Å²) in [5.41, 5.74) is 9.49. The Labute approximate surface area is 226 Å². The van der Waals surface area contributed by atoms with Crippen molar-refractivity contribution in [3.8, 4) is 0 Å². The first kappa shape index (κ1) is 36.0. The monoisotopic (exact) mass is 542 g/mol. The van der Waals surface area contributed by atoms with E-state index in [1.807, 2.05) is 0 Å². The Kier molecular flexibility index (Phi) is 17.0. The molecule has 0 spiro atoms. The predicted octanol–water partition coefficient (Wildman–Crippen LogP) is 3.06. The van der Waals surface area contributed by atoms with Crippen molar-refractivity contribution < 1.29 is 51.0 Å². The van der Waals surface area contributed by atoms with E-state index in [9.17, 15) is 0 Å². The van der Waals surface area contributed by atoms with E-state index in [0.29, 0.717) is 10.8 Å². The van der Waals surface area contributed by atoms with Crippen LogP contribution in [0.3, 0.4) is 0 Å². The summed E-state index contributed by atoms with van der Waals surface area (Å²) in [7, 11) is 0. The molecule has 176 valence electrons. The van der Waals surface area contributed by atoms with Crippen molar-refractivity contribution in [2.75, 3.05) is 0 Å². The van der Waals surface area contributed by atoms with Crippen LogP contribution in [0, 0.1) is 34.8 Å². The topological polar surface area (TPSA) is 0 Å². The van der Waals surface area contributed by atoms with Gasteiger partial charge >= 0.3 is 26.2 Å². The molecule has 0 N–H and O–H groups in total. The van der Waals surface area contributed by atoms with Crippen molar-refractivity contribution in [2.45, 2.75) is 109 Å². The second kappa shape index (κ2) is 14.6. The van der Waals surface area contributed by atoms with E-state index in [4.69, 9.17) is 0 Å². The van der Waals surface area contributed by atoms with Gasteiger partial charge in [0.05, 0.1) is 0 Å². The zero-order valence-electron chi connectivity index (χ0n) is 22.2. The SMILES string of the molecule is CC1=C(C)C(C(C)(C)CC(C)C)=[C-]C1.CC1=C(C)C(C(C)(C)CC(C)C)=[C-]C1.[Cl-].[Cl-].[Zr+4]. The predicted molar refractivity (Wildman–Crippen MR) is 126 cm³/mol. The van der Waals surface area contributed by atoms with Gasteiger partial charge < -0.3 is 24.8 Å². The van der Waals surface area contributed by atoms with Gasteiger partial charge in [-0.15, -0.1) is 26.7 Å². The average Bonchev–Trinajstić information content (AvgIpc) is 3.02. The Morgan fingerprint density at radius 3 is 1.06 bits per heavy atom. The van der Waals surface area contributed by atoms with E-state index >= 15 is 0 Å². The first-order chi connectivity index (χ1) is 12.7. The summed E-state index contributed by atoms with van der Waals surface area (Å²) >= 11 is 0. The number of hydrogen-bond donors (Lipinski definition) is 0. The van der Waals surface area contributed by atoms with Crippen molar-refractivity contribution in [1.82, 2.24) is 0 Å². The van der Waals surface area contributed by atoms with Crippen LogP contribution in [0.1, 0.15) is 109 Å². The smallest absolute Gasteiger partial charge is 1.00 e. The summed E-state index contributed by atoms with van der Waals surface area (Å²) in [4.78, 5) is 0. The van der Waals surface area contributed by atoms with Gasteiger partial charge in [-0.25, -0.2) is 11.1 Å². The molecule has 2 rings (SSSR count). The number of allylic oxidation sites excluding steroid dienone is 8. The minimum atomic E-state index is 0. The van der Waals surface area contributed by atoms with Crippen molar-refractivity contribution in [1.29, 1.82) is 0 Å². The molecule has 0 fully saturated rings. The summed E-state index contributed by atoms with van der Waals surface area (Å²) in [5, 5.41) is 0. The fourth-order valence-electron chi connectivity index (χ4n) is 5.14. The van der Waals surface area contributed by atoms with E-state index in [1.54, 1.807) is 0 Å². The van der Waals surface area contributed by atoms with Crippen LogP contribution < -0.4 is 24.8 Å². The summed E-state index contributed by atoms with van der Waals surface area (Å²) in [5.74, 6) is 1.51. The average molecular weight is 545 g/mol. The summed E-state index contributed by atoms with van der Waals surface area (Å²) < 4.78 is 0. The van der Waals surface area contributed by atoms with Gasteiger partial charge in [-0.3, -0.25) is 12.2 Å². The third-order valence-electron chi connectivity index (χ3n) is 6.28. The molecule has 0 radical (unpaired) electrons. The first-order valence-corrected chi connectivity index (χ1v) is 11.2. The molecule has 0 amide bonds. The third-order valence-corrected chi connectivity index (χ3v) is 6.28. The van der Waals surface area contributed by atoms with Gasteiger partial charge in [0.1, 0.15) is 0 Å². The summed E-state index contributed by atoms with van der Waals surface area (Å²) in [6, 6.07) is 0. The van der Waals surface area contributed by atoms with Gasteiger partial charge in [-0.2, -0.15) is 22.3 Å². The molecule has 31 heavy (non-hydrogen) atoms. The van der Waals surface area contributed by atoms with E-state index in [1.165, 1.54) is 46.3 Å². The van der Waals surface area contributed by atoms with Crippen LogP contribution in [0.15, 0.2) is 33.4 Å². The summed E-state index contributed by atoms with van der Waals surface area (Å²) in [6.07, 6.45) is 11.7. The van der Waals surface area contributed by atoms with Crippen LogP contribution in [-0.2, 0) is 26.2 Å². The zero-order valence-corrected chi connectivity index (χ0v) is 26.2. The first-order valence-electron chi connectivity index (χ1n) is 11.2. The Morgan fingerprint density at radius 2 is 0.903 bits per heavy atom. The largest absolute Gasteiger partial charge is 4.00 e. The second-order valence-corrected chi connectivity index (χ2v) is 11.2. The molecule has 0 aliphatic heterocycles. The van der Waals surface area contributed by atoms with Crippen LogP contribution in [0.25, 0.3) is 0 Å². The molecule has 0 nitrogen and oxygen atoms in total. The van der Waals surface area contributed by atoms with Gasteiger partial charge in [0.2, 0.25) is 0 Å². The van der Waals surface area contributed by atoms with Gasteiger partial charge in [-0.05, 0) is 35.5 Å². The molecule has 2 aliphatic carbocycles. The maximum Gasteiger partial charge on any atom is 4.00 e. The van der Waals surface area contributed by atoms with Crippen LogP contribution in [0.5, 0.6) is 0 Å². The van der Waals surface area contributed by atoms with Crippen LogP contribution >= 0.6 is 0 Å². The van der Waals surface area contributed by atoms with Crippen molar-refractivity contribution in [3.05, 3.63) is 45.6 Å². The molecule has 0 bridgehead atoms. The molecule has 0 saturated heterocycles.